The Bertz CT molecular complexity index is 654. The highest BCUT2D eigenvalue weighted by molar-refractivity contribution is 5.93. The van der Waals surface area contributed by atoms with Gasteiger partial charge < -0.3 is 9.47 Å². The van der Waals surface area contributed by atoms with Crippen LogP contribution in [0, 0.1) is 0 Å². The van der Waals surface area contributed by atoms with Gasteiger partial charge in [0.05, 0.1) is 20.3 Å². The van der Waals surface area contributed by atoms with Crippen molar-refractivity contribution >= 4 is 11.6 Å². The quantitative estimate of drug-likeness (QED) is 0.711. The molecule has 1 aliphatic rings. The van der Waals surface area contributed by atoms with Gasteiger partial charge in [0.25, 0.3) is 0 Å². The number of rotatable bonds is 7. The number of ether oxygens (including phenoxy) is 2. The Morgan fingerprint density at radius 2 is 2.00 bits per heavy atom. The number of methoxy groups -OCH3 is 1. The number of amides is 1. The van der Waals surface area contributed by atoms with Crippen LogP contribution < -0.4 is 9.64 Å². The molecule has 2 rings (SSSR count). The fraction of sp³-hybridized carbons (Fsp3) is 0.250. The monoisotopic (exact) mass is 325 g/mol. The predicted molar refractivity (Wildman–Crippen MR) is 97.1 cm³/mol. The fourth-order valence-electron chi connectivity index (χ4n) is 2.25. The molecule has 1 aromatic carbocycles. The molecule has 0 spiro atoms. The second-order valence-corrected chi connectivity index (χ2v) is 5.33. The first-order valence-corrected chi connectivity index (χ1v) is 7.90. The van der Waals surface area contributed by atoms with Gasteiger partial charge in [-0.25, -0.2) is 0 Å². The molecule has 0 saturated carbocycles. The molecule has 4 nitrogen and oxygen atoms in total. The van der Waals surface area contributed by atoms with E-state index in [0.717, 1.165) is 17.9 Å². The van der Waals surface area contributed by atoms with E-state index in [0.29, 0.717) is 13.2 Å². The van der Waals surface area contributed by atoms with Crippen molar-refractivity contribution in [2.45, 2.75) is 13.3 Å². The van der Waals surface area contributed by atoms with Crippen molar-refractivity contribution in [3.05, 3.63) is 72.5 Å². The van der Waals surface area contributed by atoms with Gasteiger partial charge in [-0.2, -0.15) is 0 Å². The Labute approximate surface area is 143 Å². The Kier molecular flexibility index (Phi) is 7.05. The van der Waals surface area contributed by atoms with E-state index in [2.05, 4.69) is 12.2 Å². The zero-order valence-corrected chi connectivity index (χ0v) is 14.1. The van der Waals surface area contributed by atoms with Gasteiger partial charge in [0.15, 0.2) is 0 Å². The number of hydrogen-bond donors (Lipinski definition) is 0. The number of hydrogen-bond acceptors (Lipinski definition) is 3. The van der Waals surface area contributed by atoms with Crippen molar-refractivity contribution in [3.63, 3.8) is 0 Å². The Morgan fingerprint density at radius 3 is 2.71 bits per heavy atom. The number of carbonyl (C=O) groups excluding carboxylic acids is 1. The highest BCUT2D eigenvalue weighted by atomic mass is 16.5. The molecule has 0 aliphatic heterocycles. The van der Waals surface area contributed by atoms with Crippen LogP contribution in [0.3, 0.4) is 0 Å². The summed E-state index contributed by atoms with van der Waals surface area (Å²) in [5, 5.41) is 0. The average molecular weight is 325 g/mol. The maximum absolute atomic E-state index is 11.8. The minimum atomic E-state index is -0.0573. The van der Waals surface area contributed by atoms with E-state index in [1.165, 1.54) is 12.5 Å². The summed E-state index contributed by atoms with van der Waals surface area (Å²) < 4.78 is 10.8. The lowest BCUT2D eigenvalue weighted by molar-refractivity contribution is -0.116. The SMILES string of the molecule is COc1ccc(N(/C=C\COCC2=CC=CC=CC2)C(C)=O)cc1. The third-order valence-electron chi connectivity index (χ3n) is 3.52. The molecule has 0 aromatic heterocycles. The molecule has 0 unspecified atom stereocenters. The van der Waals surface area contributed by atoms with Gasteiger partial charge in [0.2, 0.25) is 5.91 Å². The standard InChI is InChI=1S/C20H23NO3/c1-17(22)21(19-10-12-20(23-2)13-11-19)14-7-15-24-16-18-8-5-3-4-6-9-18/h3-8,10-14H,9,15-16H2,1-2H3/b14-7-. The van der Waals surface area contributed by atoms with E-state index < -0.39 is 0 Å². The summed E-state index contributed by atoms with van der Waals surface area (Å²) in [6.07, 6.45) is 14.7. The summed E-state index contributed by atoms with van der Waals surface area (Å²) in [7, 11) is 1.62. The van der Waals surface area contributed by atoms with Crippen LogP contribution in [0.2, 0.25) is 0 Å². The highest BCUT2D eigenvalue weighted by Gasteiger charge is 2.07. The zero-order chi connectivity index (χ0) is 17.2. The lowest BCUT2D eigenvalue weighted by Gasteiger charge is -2.16. The molecule has 0 heterocycles. The van der Waals surface area contributed by atoms with Gasteiger partial charge in [0, 0.05) is 18.8 Å². The normalized spacial score (nSPS) is 13.7. The Balaban J connectivity index is 1.87. The Morgan fingerprint density at radius 1 is 1.21 bits per heavy atom. The molecule has 4 heteroatoms. The molecule has 24 heavy (non-hydrogen) atoms. The van der Waals surface area contributed by atoms with Crippen molar-refractivity contribution in [1.29, 1.82) is 0 Å². The van der Waals surface area contributed by atoms with Crippen molar-refractivity contribution in [1.82, 2.24) is 0 Å². The second-order valence-electron chi connectivity index (χ2n) is 5.33. The molecule has 126 valence electrons. The van der Waals surface area contributed by atoms with Crippen LogP contribution >= 0.6 is 0 Å². The minimum Gasteiger partial charge on any atom is -0.497 e. The van der Waals surface area contributed by atoms with Crippen molar-refractivity contribution in [2.24, 2.45) is 0 Å². The van der Waals surface area contributed by atoms with E-state index in [1.807, 2.05) is 48.6 Å². The summed E-state index contributed by atoms with van der Waals surface area (Å²) in [6.45, 7) is 2.57. The first-order valence-electron chi connectivity index (χ1n) is 7.90. The van der Waals surface area contributed by atoms with Gasteiger partial charge in [-0.15, -0.1) is 0 Å². The predicted octanol–water partition coefficient (Wildman–Crippen LogP) is 4.02. The number of anilines is 1. The van der Waals surface area contributed by atoms with E-state index >= 15 is 0 Å². The molecule has 0 radical (unpaired) electrons. The van der Waals surface area contributed by atoms with Gasteiger partial charge in [-0.1, -0.05) is 30.4 Å². The molecular formula is C20H23NO3. The summed E-state index contributed by atoms with van der Waals surface area (Å²) in [4.78, 5) is 13.4. The van der Waals surface area contributed by atoms with E-state index in [1.54, 1.807) is 18.2 Å². The number of benzene rings is 1. The zero-order valence-electron chi connectivity index (χ0n) is 14.1. The van der Waals surface area contributed by atoms with Gasteiger partial charge in [-0.3, -0.25) is 9.69 Å². The maximum Gasteiger partial charge on any atom is 0.227 e. The fourth-order valence-corrected chi connectivity index (χ4v) is 2.25. The summed E-state index contributed by atoms with van der Waals surface area (Å²) in [6, 6.07) is 7.35. The summed E-state index contributed by atoms with van der Waals surface area (Å²) >= 11 is 0. The topological polar surface area (TPSA) is 38.8 Å². The minimum absolute atomic E-state index is 0.0573. The lowest BCUT2D eigenvalue weighted by Crippen LogP contribution is -2.21. The molecule has 1 amide bonds. The van der Waals surface area contributed by atoms with Crippen molar-refractivity contribution in [3.8, 4) is 5.75 Å². The molecule has 0 N–H and O–H groups in total. The number of nitrogens with zero attached hydrogens (tertiary/aromatic N) is 1. The van der Waals surface area contributed by atoms with Crippen LogP contribution in [0.15, 0.2) is 72.5 Å². The number of allylic oxidation sites excluding steroid dienone is 5. The molecule has 0 atom stereocenters. The van der Waals surface area contributed by atoms with Crippen LogP contribution in [-0.2, 0) is 9.53 Å². The summed E-state index contributed by atoms with van der Waals surface area (Å²) in [5.41, 5.74) is 2.02. The first-order chi connectivity index (χ1) is 11.7. The Hall–Kier alpha value is -2.59. The molecule has 1 aliphatic carbocycles. The summed E-state index contributed by atoms with van der Waals surface area (Å²) in [5.74, 6) is 0.701. The van der Waals surface area contributed by atoms with Gasteiger partial charge in [0.1, 0.15) is 5.75 Å². The third kappa shape index (κ3) is 5.56. The van der Waals surface area contributed by atoms with Gasteiger partial charge >= 0.3 is 0 Å². The average Bonchev–Trinajstić information content (AvgIpc) is 2.87. The van der Waals surface area contributed by atoms with Gasteiger partial charge in [-0.05, 0) is 42.3 Å². The smallest absolute Gasteiger partial charge is 0.227 e. The van der Waals surface area contributed by atoms with E-state index in [4.69, 9.17) is 9.47 Å². The van der Waals surface area contributed by atoms with Crippen molar-refractivity contribution < 1.29 is 14.3 Å². The first kappa shape index (κ1) is 17.8. The maximum atomic E-state index is 11.8. The lowest BCUT2D eigenvalue weighted by atomic mass is 10.2. The third-order valence-corrected chi connectivity index (χ3v) is 3.52. The molecular weight excluding hydrogens is 302 g/mol. The second kappa shape index (κ2) is 9.53. The van der Waals surface area contributed by atoms with Crippen molar-refractivity contribution in [2.75, 3.05) is 25.2 Å². The van der Waals surface area contributed by atoms with E-state index in [-0.39, 0.29) is 5.91 Å². The molecule has 0 bridgehead atoms. The van der Waals surface area contributed by atoms with Crippen LogP contribution in [0.1, 0.15) is 13.3 Å². The van der Waals surface area contributed by atoms with Crippen LogP contribution in [0.25, 0.3) is 0 Å². The van der Waals surface area contributed by atoms with E-state index in [9.17, 15) is 4.79 Å². The number of carbonyl (C=O) groups is 1. The molecule has 1 aromatic rings. The highest BCUT2D eigenvalue weighted by Crippen LogP contribution is 2.19. The van der Waals surface area contributed by atoms with Crippen LogP contribution in [0.5, 0.6) is 5.75 Å². The molecule has 0 fully saturated rings. The largest absolute Gasteiger partial charge is 0.497 e. The molecule has 0 saturated heterocycles. The van der Waals surface area contributed by atoms with Crippen LogP contribution in [0.4, 0.5) is 5.69 Å². The van der Waals surface area contributed by atoms with Crippen LogP contribution in [-0.4, -0.2) is 26.2 Å².